The fourth-order valence-electron chi connectivity index (χ4n) is 3.18. The van der Waals surface area contributed by atoms with Crippen LogP contribution in [0.25, 0.3) is 0 Å². The van der Waals surface area contributed by atoms with Crippen LogP contribution in [0.3, 0.4) is 0 Å². The molecule has 1 aromatic rings. The van der Waals surface area contributed by atoms with Crippen LogP contribution in [-0.4, -0.2) is 5.91 Å². The van der Waals surface area contributed by atoms with Gasteiger partial charge in [-0.1, -0.05) is 37.0 Å². The number of rotatable bonds is 0. The highest BCUT2D eigenvalue weighted by Gasteiger charge is 2.46. The van der Waals surface area contributed by atoms with Crippen molar-refractivity contribution in [1.29, 1.82) is 0 Å². The number of carbonyl (C=O) groups is 1. The van der Waals surface area contributed by atoms with Crippen molar-refractivity contribution in [3.8, 4) is 0 Å². The van der Waals surface area contributed by atoms with Crippen molar-refractivity contribution in [2.24, 2.45) is 0 Å². The van der Waals surface area contributed by atoms with Gasteiger partial charge in [-0.15, -0.1) is 0 Å². The highest BCUT2D eigenvalue weighted by Crippen LogP contribution is 2.47. The van der Waals surface area contributed by atoms with Crippen LogP contribution in [0, 0.1) is 6.92 Å². The molecule has 1 heterocycles. The Kier molecular flexibility index (Phi) is 2.06. The Hall–Kier alpha value is -1.31. The van der Waals surface area contributed by atoms with Crippen LogP contribution < -0.4 is 5.32 Å². The minimum Gasteiger partial charge on any atom is -0.325 e. The Morgan fingerprint density at radius 1 is 1.19 bits per heavy atom. The lowest BCUT2D eigenvalue weighted by Gasteiger charge is -2.31. The third-order valence-electron chi connectivity index (χ3n) is 4.08. The molecule has 3 rings (SSSR count). The third kappa shape index (κ3) is 1.22. The van der Waals surface area contributed by atoms with Gasteiger partial charge in [0.1, 0.15) is 0 Å². The average Bonchev–Trinajstić information content (AvgIpc) is 2.55. The van der Waals surface area contributed by atoms with Crippen molar-refractivity contribution < 1.29 is 4.79 Å². The van der Waals surface area contributed by atoms with Crippen LogP contribution in [0.2, 0.25) is 0 Å². The summed E-state index contributed by atoms with van der Waals surface area (Å²) in [7, 11) is 0. The van der Waals surface area contributed by atoms with Crippen LogP contribution in [0.4, 0.5) is 5.69 Å². The molecule has 2 heteroatoms. The number of aryl methyl sites for hydroxylation is 1. The molecule has 1 aliphatic carbocycles. The van der Waals surface area contributed by atoms with Gasteiger partial charge in [0, 0.05) is 5.69 Å². The number of nitrogens with one attached hydrogen (secondary N) is 1. The molecule has 0 unspecified atom stereocenters. The number of hydrogen-bond donors (Lipinski definition) is 1. The van der Waals surface area contributed by atoms with E-state index >= 15 is 0 Å². The van der Waals surface area contributed by atoms with Gasteiger partial charge < -0.3 is 5.32 Å². The molecule has 0 bridgehead atoms. The molecule has 2 aliphatic rings. The zero-order chi connectivity index (χ0) is 11.2. The lowest BCUT2D eigenvalue weighted by Crippen LogP contribution is -2.36. The van der Waals surface area contributed by atoms with Crippen molar-refractivity contribution in [3.05, 3.63) is 29.3 Å². The van der Waals surface area contributed by atoms with Gasteiger partial charge >= 0.3 is 0 Å². The average molecular weight is 215 g/mol. The Morgan fingerprint density at radius 3 is 2.69 bits per heavy atom. The second kappa shape index (κ2) is 3.34. The molecule has 1 aliphatic heterocycles. The van der Waals surface area contributed by atoms with Crippen molar-refractivity contribution in [3.63, 3.8) is 0 Å². The molecule has 0 aromatic heterocycles. The number of anilines is 1. The van der Waals surface area contributed by atoms with Gasteiger partial charge in [-0.2, -0.15) is 0 Å². The van der Waals surface area contributed by atoms with E-state index in [0.29, 0.717) is 0 Å². The first-order chi connectivity index (χ1) is 7.72. The molecule has 1 N–H and O–H groups in total. The lowest BCUT2D eigenvalue weighted by molar-refractivity contribution is -0.121. The Labute approximate surface area is 96.1 Å². The molecular formula is C14H17NO. The maximum Gasteiger partial charge on any atom is 0.235 e. The summed E-state index contributed by atoms with van der Waals surface area (Å²) < 4.78 is 0. The van der Waals surface area contributed by atoms with E-state index in [1.54, 1.807) is 0 Å². The predicted molar refractivity (Wildman–Crippen MR) is 64.6 cm³/mol. The second-order valence-electron chi connectivity index (χ2n) is 5.15. The van der Waals surface area contributed by atoms with Crippen molar-refractivity contribution in [2.75, 3.05) is 5.32 Å². The smallest absolute Gasteiger partial charge is 0.235 e. The van der Waals surface area contributed by atoms with Crippen molar-refractivity contribution in [2.45, 2.75) is 44.4 Å². The van der Waals surface area contributed by atoms with Crippen molar-refractivity contribution in [1.82, 2.24) is 0 Å². The Bertz CT molecular complexity index is 444. The van der Waals surface area contributed by atoms with Crippen LogP contribution in [0.1, 0.15) is 43.2 Å². The topological polar surface area (TPSA) is 29.1 Å². The van der Waals surface area contributed by atoms with Gasteiger partial charge in [0.25, 0.3) is 0 Å². The summed E-state index contributed by atoms with van der Waals surface area (Å²) in [6, 6.07) is 6.31. The number of amides is 1. The normalized spacial score (nSPS) is 21.9. The van der Waals surface area contributed by atoms with Gasteiger partial charge in [-0.3, -0.25) is 4.79 Å². The molecule has 1 amide bonds. The van der Waals surface area contributed by atoms with E-state index in [1.165, 1.54) is 30.4 Å². The zero-order valence-electron chi connectivity index (χ0n) is 9.68. The predicted octanol–water partition coefficient (Wildman–Crippen LogP) is 3.15. The van der Waals surface area contributed by atoms with Gasteiger partial charge in [0.2, 0.25) is 5.91 Å². The molecule has 0 saturated heterocycles. The van der Waals surface area contributed by atoms with E-state index in [-0.39, 0.29) is 11.3 Å². The fourth-order valence-corrected chi connectivity index (χ4v) is 3.18. The Balaban J connectivity index is 2.13. The maximum absolute atomic E-state index is 12.2. The summed E-state index contributed by atoms with van der Waals surface area (Å²) >= 11 is 0. The number of hydrogen-bond acceptors (Lipinski definition) is 1. The molecular weight excluding hydrogens is 198 g/mol. The SMILES string of the molecule is Cc1ccc2c(c1)C1(CCCCC1)C(=O)N2. The first-order valence-electron chi connectivity index (χ1n) is 6.15. The molecule has 2 nitrogen and oxygen atoms in total. The fraction of sp³-hybridized carbons (Fsp3) is 0.500. The molecule has 1 saturated carbocycles. The van der Waals surface area contributed by atoms with E-state index in [0.717, 1.165) is 18.5 Å². The molecule has 0 radical (unpaired) electrons. The Morgan fingerprint density at radius 2 is 1.94 bits per heavy atom. The monoisotopic (exact) mass is 215 g/mol. The second-order valence-corrected chi connectivity index (χ2v) is 5.15. The number of carbonyl (C=O) groups excluding carboxylic acids is 1. The van der Waals surface area contributed by atoms with Gasteiger partial charge in [0.05, 0.1) is 5.41 Å². The molecule has 1 spiro atoms. The number of fused-ring (bicyclic) bond motifs is 2. The first-order valence-corrected chi connectivity index (χ1v) is 6.15. The summed E-state index contributed by atoms with van der Waals surface area (Å²) in [5, 5.41) is 3.05. The highest BCUT2D eigenvalue weighted by atomic mass is 16.2. The summed E-state index contributed by atoms with van der Waals surface area (Å²) in [6.45, 7) is 2.10. The molecule has 1 fully saturated rings. The minimum absolute atomic E-state index is 0.195. The van der Waals surface area contributed by atoms with E-state index in [9.17, 15) is 4.79 Å². The van der Waals surface area contributed by atoms with Gasteiger partial charge in [-0.25, -0.2) is 0 Å². The quantitative estimate of drug-likeness (QED) is 0.707. The van der Waals surface area contributed by atoms with E-state index < -0.39 is 0 Å². The lowest BCUT2D eigenvalue weighted by atomic mass is 9.70. The molecule has 16 heavy (non-hydrogen) atoms. The maximum atomic E-state index is 12.2. The van der Waals surface area contributed by atoms with Crippen LogP contribution in [0.15, 0.2) is 18.2 Å². The molecule has 0 atom stereocenters. The van der Waals surface area contributed by atoms with Crippen LogP contribution >= 0.6 is 0 Å². The standard InChI is InChI=1S/C14H17NO/c1-10-5-6-12-11(9-10)14(13(16)15-12)7-3-2-4-8-14/h5-6,9H,2-4,7-8H2,1H3,(H,15,16). The highest BCUT2D eigenvalue weighted by molar-refractivity contribution is 6.06. The van der Waals surface area contributed by atoms with Crippen LogP contribution in [0.5, 0.6) is 0 Å². The summed E-state index contributed by atoms with van der Waals surface area (Å²) in [5.41, 5.74) is 3.34. The van der Waals surface area contributed by atoms with E-state index in [4.69, 9.17) is 0 Å². The van der Waals surface area contributed by atoms with E-state index in [2.05, 4.69) is 24.4 Å². The molecule has 84 valence electrons. The summed E-state index contributed by atoms with van der Waals surface area (Å²) in [4.78, 5) is 12.2. The summed E-state index contributed by atoms with van der Waals surface area (Å²) in [5.74, 6) is 0.229. The van der Waals surface area contributed by atoms with Gasteiger partial charge in [0.15, 0.2) is 0 Å². The summed E-state index contributed by atoms with van der Waals surface area (Å²) in [6.07, 6.45) is 5.68. The van der Waals surface area contributed by atoms with Gasteiger partial charge in [-0.05, 0) is 31.4 Å². The third-order valence-corrected chi connectivity index (χ3v) is 4.08. The van der Waals surface area contributed by atoms with Crippen molar-refractivity contribution >= 4 is 11.6 Å². The van der Waals surface area contributed by atoms with E-state index in [1.807, 2.05) is 6.07 Å². The number of benzene rings is 1. The minimum atomic E-state index is -0.195. The molecule has 1 aromatic carbocycles. The van der Waals surface area contributed by atoms with Crippen LogP contribution in [-0.2, 0) is 10.2 Å². The zero-order valence-corrected chi connectivity index (χ0v) is 9.68. The largest absolute Gasteiger partial charge is 0.325 e. The first kappa shape index (κ1) is 9.88.